The van der Waals surface area contributed by atoms with E-state index in [0.29, 0.717) is 6.54 Å². The Morgan fingerprint density at radius 2 is 1.92 bits per heavy atom. The lowest BCUT2D eigenvalue weighted by Crippen LogP contribution is -2.44. The van der Waals surface area contributed by atoms with Crippen LogP contribution in [0.4, 0.5) is 5.69 Å². The third-order valence-corrected chi connectivity index (χ3v) is 4.19. The van der Waals surface area contributed by atoms with Crippen LogP contribution in [0.3, 0.4) is 0 Å². The van der Waals surface area contributed by atoms with Crippen molar-refractivity contribution in [3.8, 4) is 0 Å². The Morgan fingerprint density at radius 3 is 2.50 bits per heavy atom. The van der Waals surface area contributed by atoms with E-state index in [9.17, 15) is 4.79 Å². The van der Waals surface area contributed by atoms with Crippen molar-refractivity contribution >= 4 is 36.4 Å². The normalized spacial score (nSPS) is 21.2. The van der Waals surface area contributed by atoms with Gasteiger partial charge in [0.05, 0.1) is 24.7 Å². The molecule has 0 saturated carbocycles. The second-order valence-electron chi connectivity index (χ2n) is 6.45. The summed E-state index contributed by atoms with van der Waals surface area (Å²) in [6, 6.07) is 7.92. The van der Waals surface area contributed by atoms with Gasteiger partial charge in [-0.05, 0) is 25.5 Å². The fourth-order valence-electron chi connectivity index (χ4n) is 3.11. The first-order chi connectivity index (χ1) is 11.5. The molecular weight excluding hydrogens is 377 g/mol. The average molecular weight is 408 g/mol. The van der Waals surface area contributed by atoms with Gasteiger partial charge < -0.3 is 20.5 Å². The van der Waals surface area contributed by atoms with Crippen molar-refractivity contribution < 1.29 is 14.3 Å². The molecule has 26 heavy (non-hydrogen) atoms. The number of benzene rings is 1. The number of hydrogen-bond donors (Lipinski definition) is 2. The molecule has 1 fully saturated rings. The highest BCUT2D eigenvalue weighted by molar-refractivity contribution is 5.91. The monoisotopic (exact) mass is 407 g/mol. The number of para-hydroxylation sites is 1. The summed E-state index contributed by atoms with van der Waals surface area (Å²) >= 11 is 0. The number of ether oxygens (including phenoxy) is 2. The number of halogens is 2. The molecule has 150 valence electrons. The maximum atomic E-state index is 12.2. The molecule has 1 aromatic carbocycles. The van der Waals surface area contributed by atoms with E-state index in [0.717, 1.165) is 30.9 Å². The van der Waals surface area contributed by atoms with Gasteiger partial charge in [-0.25, -0.2) is 0 Å². The van der Waals surface area contributed by atoms with Gasteiger partial charge in [0.2, 0.25) is 5.91 Å². The zero-order valence-electron chi connectivity index (χ0n) is 15.6. The van der Waals surface area contributed by atoms with Crippen LogP contribution in [0.5, 0.6) is 0 Å². The quantitative estimate of drug-likeness (QED) is 0.725. The van der Waals surface area contributed by atoms with E-state index >= 15 is 0 Å². The van der Waals surface area contributed by atoms with Crippen molar-refractivity contribution in [1.29, 1.82) is 0 Å². The van der Waals surface area contributed by atoms with Crippen molar-refractivity contribution in [1.82, 2.24) is 4.90 Å². The number of carbonyl (C=O) groups is 1. The molecule has 1 aliphatic heterocycles. The predicted molar refractivity (Wildman–Crippen MR) is 109 cm³/mol. The van der Waals surface area contributed by atoms with Gasteiger partial charge in [0, 0.05) is 39.0 Å². The summed E-state index contributed by atoms with van der Waals surface area (Å²) < 4.78 is 11.0. The maximum Gasteiger partial charge on any atom is 0.227 e. The van der Waals surface area contributed by atoms with Crippen LogP contribution in [0.15, 0.2) is 24.3 Å². The number of nitrogens with one attached hydrogen (secondary N) is 1. The van der Waals surface area contributed by atoms with Crippen LogP contribution in [-0.4, -0.2) is 55.9 Å². The van der Waals surface area contributed by atoms with Gasteiger partial charge in [0.25, 0.3) is 0 Å². The number of nitrogens with two attached hydrogens (primary N) is 1. The van der Waals surface area contributed by atoms with Crippen molar-refractivity contribution in [2.75, 3.05) is 32.1 Å². The molecule has 6 nitrogen and oxygen atoms in total. The lowest BCUT2D eigenvalue weighted by atomic mass is 10.1. The van der Waals surface area contributed by atoms with Crippen LogP contribution in [0.2, 0.25) is 0 Å². The SMILES string of the molecule is COC(CN)CC(=O)Nc1ccccc1CN1CC(C)OC(C)C1.Cl.Cl. The molecule has 8 heteroatoms. The van der Waals surface area contributed by atoms with E-state index in [1.54, 1.807) is 7.11 Å². The van der Waals surface area contributed by atoms with Gasteiger partial charge in [-0.15, -0.1) is 24.8 Å². The van der Waals surface area contributed by atoms with Gasteiger partial charge in [0.1, 0.15) is 0 Å². The average Bonchev–Trinajstić information content (AvgIpc) is 2.53. The molecule has 0 radical (unpaired) electrons. The van der Waals surface area contributed by atoms with Crippen LogP contribution < -0.4 is 11.1 Å². The predicted octanol–water partition coefficient (Wildman–Crippen LogP) is 2.44. The summed E-state index contributed by atoms with van der Waals surface area (Å²) in [6.45, 7) is 7.09. The second-order valence-corrected chi connectivity index (χ2v) is 6.45. The third kappa shape index (κ3) is 7.78. The minimum Gasteiger partial charge on any atom is -0.380 e. The van der Waals surface area contributed by atoms with Crippen molar-refractivity contribution in [2.24, 2.45) is 5.73 Å². The lowest BCUT2D eigenvalue weighted by Gasteiger charge is -2.35. The van der Waals surface area contributed by atoms with E-state index < -0.39 is 0 Å². The minimum atomic E-state index is -0.252. The molecule has 1 aliphatic rings. The molecule has 0 bridgehead atoms. The Balaban J connectivity index is 0.00000312. The van der Waals surface area contributed by atoms with Crippen LogP contribution in [0.1, 0.15) is 25.8 Å². The Labute approximate surface area is 168 Å². The first-order valence-electron chi connectivity index (χ1n) is 8.50. The highest BCUT2D eigenvalue weighted by Gasteiger charge is 2.23. The molecule has 0 spiro atoms. The van der Waals surface area contributed by atoms with Crippen LogP contribution in [-0.2, 0) is 20.8 Å². The molecule has 3 N–H and O–H groups in total. The number of rotatable bonds is 7. The Morgan fingerprint density at radius 1 is 1.31 bits per heavy atom. The fourth-order valence-corrected chi connectivity index (χ4v) is 3.11. The zero-order valence-corrected chi connectivity index (χ0v) is 17.3. The summed E-state index contributed by atoms with van der Waals surface area (Å²) in [5.74, 6) is -0.0801. The molecule has 1 amide bonds. The largest absolute Gasteiger partial charge is 0.380 e. The molecule has 3 atom stereocenters. The van der Waals surface area contributed by atoms with E-state index in [-0.39, 0.29) is 55.5 Å². The first-order valence-corrected chi connectivity index (χ1v) is 8.50. The zero-order chi connectivity index (χ0) is 17.5. The van der Waals surface area contributed by atoms with Crippen molar-refractivity contribution in [3.63, 3.8) is 0 Å². The van der Waals surface area contributed by atoms with Crippen LogP contribution >= 0.6 is 24.8 Å². The Kier molecular flexibility index (Phi) is 12.1. The number of nitrogens with zero attached hydrogens (tertiary/aromatic N) is 1. The van der Waals surface area contributed by atoms with E-state index in [4.69, 9.17) is 15.2 Å². The number of morpholine rings is 1. The van der Waals surface area contributed by atoms with Crippen molar-refractivity contribution in [2.45, 2.75) is 45.1 Å². The van der Waals surface area contributed by atoms with E-state index in [1.807, 2.05) is 18.2 Å². The third-order valence-electron chi connectivity index (χ3n) is 4.19. The molecule has 3 unspecified atom stereocenters. The maximum absolute atomic E-state index is 12.2. The van der Waals surface area contributed by atoms with Gasteiger partial charge in [-0.1, -0.05) is 18.2 Å². The smallest absolute Gasteiger partial charge is 0.227 e. The van der Waals surface area contributed by atoms with Gasteiger partial charge in [0.15, 0.2) is 0 Å². The molecule has 0 aliphatic carbocycles. The second kappa shape index (κ2) is 12.5. The number of methoxy groups -OCH3 is 1. The highest BCUT2D eigenvalue weighted by Crippen LogP contribution is 2.20. The molecule has 1 aromatic rings. The summed E-state index contributed by atoms with van der Waals surface area (Å²) in [5.41, 5.74) is 7.53. The fraction of sp³-hybridized carbons (Fsp3) is 0.611. The van der Waals surface area contributed by atoms with Gasteiger partial charge in [-0.2, -0.15) is 0 Å². The van der Waals surface area contributed by atoms with Gasteiger partial charge in [-0.3, -0.25) is 9.69 Å². The first kappa shape index (κ1) is 25.1. The van der Waals surface area contributed by atoms with Crippen LogP contribution in [0.25, 0.3) is 0 Å². The van der Waals surface area contributed by atoms with Crippen LogP contribution in [0, 0.1) is 0 Å². The molecule has 1 heterocycles. The summed E-state index contributed by atoms with van der Waals surface area (Å²) in [6.07, 6.45) is 0.454. The summed E-state index contributed by atoms with van der Waals surface area (Å²) in [5, 5.41) is 2.99. The standard InChI is InChI=1S/C18H29N3O3.2ClH/c1-13-10-21(11-14(2)24-13)12-15-6-4-5-7-17(15)20-18(22)8-16(9-19)23-3;;/h4-7,13-14,16H,8-12,19H2,1-3H3,(H,20,22);2*1H. The number of hydrogen-bond acceptors (Lipinski definition) is 5. The van der Waals surface area contributed by atoms with Crippen molar-refractivity contribution in [3.05, 3.63) is 29.8 Å². The Bertz CT molecular complexity index is 534. The van der Waals surface area contributed by atoms with E-state index in [1.165, 1.54) is 0 Å². The number of anilines is 1. The lowest BCUT2D eigenvalue weighted by molar-refractivity contribution is -0.118. The number of amides is 1. The molecule has 1 saturated heterocycles. The number of carbonyl (C=O) groups excluding carboxylic acids is 1. The summed E-state index contributed by atoms with van der Waals surface area (Å²) in [4.78, 5) is 14.6. The molecule has 2 rings (SSSR count). The summed E-state index contributed by atoms with van der Waals surface area (Å²) in [7, 11) is 1.57. The van der Waals surface area contributed by atoms with Gasteiger partial charge >= 0.3 is 0 Å². The topological polar surface area (TPSA) is 76.8 Å². The molecular formula is C18H31Cl2N3O3. The molecule has 0 aromatic heterocycles. The Hall–Kier alpha value is -0.890. The van der Waals surface area contributed by atoms with E-state index in [2.05, 4.69) is 30.1 Å². The highest BCUT2D eigenvalue weighted by atomic mass is 35.5. The minimum absolute atomic E-state index is 0.